The standard InChI is InChI=1S/C13H17F2N3O2/c1-8(12(16)20)18-5-4-13(14,15)10(7-18)9-2-3-11(19)17-6-9/h2-3,6,8,10H,4-5,7H2,1H3,(H2,16,20)(H,17,19). The van der Waals surface area contributed by atoms with Crippen LogP contribution in [0, 0.1) is 0 Å². The monoisotopic (exact) mass is 285 g/mol. The third-order valence-electron chi connectivity index (χ3n) is 3.83. The molecule has 2 heterocycles. The maximum absolute atomic E-state index is 14.1. The third-order valence-corrected chi connectivity index (χ3v) is 3.83. The number of nitrogens with two attached hydrogens (primary N) is 1. The van der Waals surface area contributed by atoms with Crippen molar-refractivity contribution in [3.63, 3.8) is 0 Å². The molecule has 1 amide bonds. The minimum atomic E-state index is -2.87. The smallest absolute Gasteiger partial charge is 0.257 e. The van der Waals surface area contributed by atoms with Gasteiger partial charge in [-0.25, -0.2) is 8.78 Å². The van der Waals surface area contributed by atoms with Crippen LogP contribution in [0.15, 0.2) is 23.1 Å². The van der Waals surface area contributed by atoms with Crippen molar-refractivity contribution in [2.45, 2.75) is 31.2 Å². The summed E-state index contributed by atoms with van der Waals surface area (Å²) in [4.78, 5) is 26.3. The van der Waals surface area contributed by atoms with E-state index in [1.807, 2.05) is 0 Å². The zero-order chi connectivity index (χ0) is 14.9. The molecule has 20 heavy (non-hydrogen) atoms. The largest absolute Gasteiger partial charge is 0.368 e. The lowest BCUT2D eigenvalue weighted by molar-refractivity contribution is -0.127. The normalized spacial score (nSPS) is 24.2. The maximum Gasteiger partial charge on any atom is 0.257 e. The van der Waals surface area contributed by atoms with Gasteiger partial charge in [-0.3, -0.25) is 14.5 Å². The summed E-state index contributed by atoms with van der Waals surface area (Å²) in [6.07, 6.45) is 0.966. The number of carbonyl (C=O) groups excluding carboxylic acids is 1. The number of hydrogen-bond acceptors (Lipinski definition) is 3. The number of carbonyl (C=O) groups is 1. The molecule has 0 radical (unpaired) electrons. The van der Waals surface area contributed by atoms with E-state index in [2.05, 4.69) is 4.98 Å². The highest BCUT2D eigenvalue weighted by molar-refractivity contribution is 5.79. The third kappa shape index (κ3) is 2.87. The number of likely N-dealkylation sites (tertiary alicyclic amines) is 1. The van der Waals surface area contributed by atoms with Gasteiger partial charge >= 0.3 is 0 Å². The molecule has 0 bridgehead atoms. The van der Waals surface area contributed by atoms with Crippen LogP contribution < -0.4 is 11.3 Å². The zero-order valence-electron chi connectivity index (χ0n) is 11.1. The van der Waals surface area contributed by atoms with E-state index in [4.69, 9.17) is 5.73 Å². The van der Waals surface area contributed by atoms with E-state index in [1.165, 1.54) is 18.3 Å². The summed E-state index contributed by atoms with van der Waals surface area (Å²) < 4.78 is 28.1. The van der Waals surface area contributed by atoms with Gasteiger partial charge in [0.25, 0.3) is 5.92 Å². The first-order chi connectivity index (χ1) is 9.31. The molecule has 1 fully saturated rings. The molecule has 110 valence electrons. The Morgan fingerprint density at radius 1 is 1.55 bits per heavy atom. The minimum Gasteiger partial charge on any atom is -0.368 e. The van der Waals surface area contributed by atoms with E-state index in [0.717, 1.165) is 0 Å². The molecule has 0 aliphatic carbocycles. The number of halogens is 2. The molecule has 3 N–H and O–H groups in total. The van der Waals surface area contributed by atoms with Gasteiger partial charge in [-0.05, 0) is 12.5 Å². The number of pyridine rings is 1. The van der Waals surface area contributed by atoms with E-state index >= 15 is 0 Å². The molecule has 1 aliphatic heterocycles. The van der Waals surface area contributed by atoms with Gasteiger partial charge in [0, 0.05) is 31.8 Å². The number of H-pyrrole nitrogens is 1. The van der Waals surface area contributed by atoms with E-state index in [1.54, 1.807) is 11.8 Å². The van der Waals surface area contributed by atoms with Crippen molar-refractivity contribution in [2.24, 2.45) is 5.73 Å². The molecule has 2 rings (SSSR count). The second-order valence-electron chi connectivity index (χ2n) is 5.12. The number of alkyl halides is 2. The van der Waals surface area contributed by atoms with Crippen LogP contribution in [0.3, 0.4) is 0 Å². The molecule has 0 aromatic carbocycles. The lowest BCUT2D eigenvalue weighted by Crippen LogP contribution is -2.52. The van der Waals surface area contributed by atoms with Crippen LogP contribution in [0.2, 0.25) is 0 Å². The Hall–Kier alpha value is -1.76. The summed E-state index contributed by atoms with van der Waals surface area (Å²) in [7, 11) is 0. The predicted octanol–water partition coefficient (Wildman–Crippen LogP) is 0.673. The van der Waals surface area contributed by atoms with E-state index in [-0.39, 0.29) is 25.1 Å². The number of aromatic amines is 1. The SMILES string of the molecule is CC(C(N)=O)N1CCC(F)(F)C(c2ccc(=O)[nH]c2)C1. The van der Waals surface area contributed by atoms with Crippen LogP contribution in [-0.2, 0) is 4.79 Å². The number of piperidine rings is 1. The van der Waals surface area contributed by atoms with Crippen LogP contribution in [0.5, 0.6) is 0 Å². The Labute approximate surface area is 114 Å². The highest BCUT2D eigenvalue weighted by atomic mass is 19.3. The van der Waals surface area contributed by atoms with E-state index in [0.29, 0.717) is 5.56 Å². The molecule has 5 nitrogen and oxygen atoms in total. The Bertz CT molecular complexity index is 538. The number of amides is 1. The predicted molar refractivity (Wildman–Crippen MR) is 69.6 cm³/mol. The summed E-state index contributed by atoms with van der Waals surface area (Å²) in [6.45, 7) is 1.76. The summed E-state index contributed by atoms with van der Waals surface area (Å²) in [6, 6.07) is 2.04. The number of nitrogens with zero attached hydrogens (tertiary/aromatic N) is 1. The molecule has 1 aromatic heterocycles. The fraction of sp³-hybridized carbons (Fsp3) is 0.538. The highest BCUT2D eigenvalue weighted by Crippen LogP contribution is 2.40. The second kappa shape index (κ2) is 5.32. The molecule has 1 aromatic rings. The Morgan fingerprint density at radius 2 is 2.25 bits per heavy atom. The van der Waals surface area contributed by atoms with Crippen molar-refractivity contribution in [3.8, 4) is 0 Å². The maximum atomic E-state index is 14.1. The number of primary amides is 1. The number of rotatable bonds is 3. The van der Waals surface area contributed by atoms with Gasteiger partial charge in [0.2, 0.25) is 11.5 Å². The number of aromatic nitrogens is 1. The van der Waals surface area contributed by atoms with Gasteiger partial charge in [0.05, 0.1) is 12.0 Å². The lowest BCUT2D eigenvalue weighted by Gasteiger charge is -2.40. The summed E-state index contributed by atoms with van der Waals surface area (Å²) in [5.41, 5.74) is 5.24. The topological polar surface area (TPSA) is 79.2 Å². The molecule has 0 saturated carbocycles. The molecule has 2 unspecified atom stereocenters. The average molecular weight is 285 g/mol. The molecular formula is C13H17F2N3O2. The van der Waals surface area contributed by atoms with Crippen LogP contribution in [-0.4, -0.2) is 40.8 Å². The molecular weight excluding hydrogens is 268 g/mol. The summed E-state index contributed by atoms with van der Waals surface area (Å²) in [5, 5.41) is 0. The van der Waals surface area contributed by atoms with Crippen molar-refractivity contribution in [1.29, 1.82) is 0 Å². The quantitative estimate of drug-likeness (QED) is 0.857. The first-order valence-electron chi connectivity index (χ1n) is 6.41. The van der Waals surface area contributed by atoms with Crippen molar-refractivity contribution in [2.75, 3.05) is 13.1 Å². The van der Waals surface area contributed by atoms with Crippen LogP contribution in [0.1, 0.15) is 24.8 Å². The van der Waals surface area contributed by atoms with Crippen molar-refractivity contribution in [1.82, 2.24) is 9.88 Å². The van der Waals surface area contributed by atoms with E-state index in [9.17, 15) is 18.4 Å². The van der Waals surface area contributed by atoms with Crippen molar-refractivity contribution >= 4 is 5.91 Å². The average Bonchev–Trinajstić information content (AvgIpc) is 2.39. The van der Waals surface area contributed by atoms with Crippen LogP contribution in [0.25, 0.3) is 0 Å². The first-order valence-corrected chi connectivity index (χ1v) is 6.41. The zero-order valence-corrected chi connectivity index (χ0v) is 11.1. The Balaban J connectivity index is 2.25. The van der Waals surface area contributed by atoms with Gasteiger partial charge in [0.15, 0.2) is 0 Å². The summed E-state index contributed by atoms with van der Waals surface area (Å²) >= 11 is 0. The van der Waals surface area contributed by atoms with Gasteiger partial charge in [-0.1, -0.05) is 6.07 Å². The fourth-order valence-corrected chi connectivity index (χ4v) is 2.45. The molecule has 0 spiro atoms. The molecule has 1 saturated heterocycles. The van der Waals surface area contributed by atoms with Crippen LogP contribution in [0.4, 0.5) is 8.78 Å². The van der Waals surface area contributed by atoms with Gasteiger partial charge in [0.1, 0.15) is 0 Å². The number of nitrogens with one attached hydrogen (secondary N) is 1. The molecule has 1 aliphatic rings. The van der Waals surface area contributed by atoms with Crippen molar-refractivity contribution in [3.05, 3.63) is 34.2 Å². The lowest BCUT2D eigenvalue weighted by atomic mass is 9.87. The number of hydrogen-bond donors (Lipinski definition) is 2. The molecule has 7 heteroatoms. The second-order valence-corrected chi connectivity index (χ2v) is 5.12. The van der Waals surface area contributed by atoms with Gasteiger partial charge < -0.3 is 10.7 Å². The van der Waals surface area contributed by atoms with Gasteiger partial charge in [-0.2, -0.15) is 0 Å². The van der Waals surface area contributed by atoms with Crippen LogP contribution >= 0.6 is 0 Å². The minimum absolute atomic E-state index is 0.0309. The van der Waals surface area contributed by atoms with Gasteiger partial charge in [-0.15, -0.1) is 0 Å². The summed E-state index contributed by atoms with van der Waals surface area (Å²) in [5.74, 6) is -4.46. The van der Waals surface area contributed by atoms with E-state index < -0.39 is 23.8 Å². The molecule has 2 atom stereocenters. The van der Waals surface area contributed by atoms with Crippen molar-refractivity contribution < 1.29 is 13.6 Å². The highest BCUT2D eigenvalue weighted by Gasteiger charge is 2.46. The Morgan fingerprint density at radius 3 is 2.80 bits per heavy atom. The fourth-order valence-electron chi connectivity index (χ4n) is 2.45. The Kier molecular flexibility index (Phi) is 3.89. The first kappa shape index (κ1) is 14.6.